The van der Waals surface area contributed by atoms with Gasteiger partial charge in [-0.05, 0) is 48.4 Å². The second-order valence-corrected chi connectivity index (χ2v) is 9.72. The van der Waals surface area contributed by atoms with E-state index in [0.717, 1.165) is 57.7 Å². The van der Waals surface area contributed by atoms with Gasteiger partial charge in [-0.3, -0.25) is 0 Å². The Morgan fingerprint density at radius 1 is 1.08 bits per heavy atom. The third-order valence-electron chi connectivity index (χ3n) is 7.34. The number of fused-ring (bicyclic) bond motifs is 1. The number of imidazole rings is 1. The number of aliphatic hydroxyl groups is 1. The largest absolute Gasteiger partial charge is 0.496 e. The van der Waals surface area contributed by atoms with Crippen LogP contribution in [0.15, 0.2) is 67.1 Å². The van der Waals surface area contributed by atoms with Gasteiger partial charge in [0.05, 0.1) is 7.11 Å². The minimum atomic E-state index is 0.218. The van der Waals surface area contributed by atoms with Crippen molar-refractivity contribution in [1.82, 2.24) is 24.1 Å². The van der Waals surface area contributed by atoms with Crippen LogP contribution in [-0.4, -0.2) is 49.0 Å². The second-order valence-electron chi connectivity index (χ2n) is 9.72. The maximum absolute atomic E-state index is 9.55. The van der Waals surface area contributed by atoms with Crippen molar-refractivity contribution in [1.29, 1.82) is 0 Å². The quantitative estimate of drug-likeness (QED) is 0.332. The van der Waals surface area contributed by atoms with Crippen molar-refractivity contribution in [2.45, 2.75) is 25.8 Å². The number of anilines is 1. The lowest BCUT2D eigenvalue weighted by Crippen LogP contribution is -2.37. The van der Waals surface area contributed by atoms with Gasteiger partial charge in [0.15, 0.2) is 11.6 Å². The molecule has 2 aromatic carbocycles. The van der Waals surface area contributed by atoms with Crippen molar-refractivity contribution in [3.8, 4) is 39.7 Å². The van der Waals surface area contributed by atoms with Crippen LogP contribution in [0.4, 0.5) is 5.82 Å². The molecule has 1 aliphatic rings. The van der Waals surface area contributed by atoms with Crippen LogP contribution in [0, 0.1) is 12.8 Å². The molecule has 188 valence electrons. The van der Waals surface area contributed by atoms with Crippen molar-refractivity contribution < 1.29 is 9.84 Å². The van der Waals surface area contributed by atoms with Crippen LogP contribution in [0.1, 0.15) is 18.4 Å². The molecule has 5 aromatic rings. The second kappa shape index (κ2) is 9.37. The lowest BCUT2D eigenvalue weighted by Gasteiger charge is -2.35. The minimum Gasteiger partial charge on any atom is -0.496 e. The highest BCUT2D eigenvalue weighted by Crippen LogP contribution is 2.43. The van der Waals surface area contributed by atoms with Crippen LogP contribution < -0.4 is 10.1 Å². The Kier molecular flexibility index (Phi) is 5.88. The van der Waals surface area contributed by atoms with Crippen LogP contribution in [-0.2, 0) is 7.05 Å². The zero-order chi connectivity index (χ0) is 25.5. The van der Waals surface area contributed by atoms with Crippen LogP contribution in [0.3, 0.4) is 0 Å². The van der Waals surface area contributed by atoms with Crippen molar-refractivity contribution in [3.05, 3.63) is 72.7 Å². The number of nitrogens with zero attached hydrogens (tertiary/aromatic N) is 5. The number of benzene rings is 2. The number of ether oxygens (including phenoxy) is 1. The van der Waals surface area contributed by atoms with Gasteiger partial charge in [0, 0.05) is 49.4 Å². The maximum Gasteiger partial charge on any atom is 0.218 e. The molecule has 3 aromatic heterocycles. The highest BCUT2D eigenvalue weighted by atomic mass is 16.5. The highest BCUT2D eigenvalue weighted by molar-refractivity contribution is 5.99. The fourth-order valence-electron chi connectivity index (χ4n) is 5.28. The Morgan fingerprint density at radius 2 is 1.89 bits per heavy atom. The summed E-state index contributed by atoms with van der Waals surface area (Å²) in [5.74, 6) is 3.18. The third-order valence-corrected chi connectivity index (χ3v) is 7.34. The summed E-state index contributed by atoms with van der Waals surface area (Å²) in [6, 6.07) is 16.7. The number of hydrogen-bond donors (Lipinski definition) is 2. The van der Waals surface area contributed by atoms with Gasteiger partial charge in [0.2, 0.25) is 5.82 Å². The van der Waals surface area contributed by atoms with Gasteiger partial charge in [-0.25, -0.2) is 14.5 Å². The van der Waals surface area contributed by atoms with Crippen molar-refractivity contribution in [2.75, 3.05) is 19.0 Å². The van der Waals surface area contributed by atoms with Crippen molar-refractivity contribution >= 4 is 11.3 Å². The van der Waals surface area contributed by atoms with E-state index in [4.69, 9.17) is 14.8 Å². The Balaban J connectivity index is 1.63. The lowest BCUT2D eigenvalue weighted by molar-refractivity contribution is 0.151. The van der Waals surface area contributed by atoms with E-state index in [-0.39, 0.29) is 12.6 Å². The van der Waals surface area contributed by atoms with E-state index in [1.165, 1.54) is 0 Å². The summed E-state index contributed by atoms with van der Waals surface area (Å²) in [4.78, 5) is 9.51. The Hall–Kier alpha value is -4.17. The first-order valence-electron chi connectivity index (χ1n) is 12.5. The molecule has 0 radical (unpaired) electrons. The minimum absolute atomic E-state index is 0.218. The predicted molar refractivity (Wildman–Crippen MR) is 145 cm³/mol. The molecule has 6 rings (SSSR count). The fourth-order valence-corrected chi connectivity index (χ4v) is 5.28. The van der Waals surface area contributed by atoms with E-state index in [1.807, 2.05) is 40.5 Å². The predicted octanol–water partition coefficient (Wildman–Crippen LogP) is 4.96. The smallest absolute Gasteiger partial charge is 0.218 e. The van der Waals surface area contributed by atoms with Crippen molar-refractivity contribution in [2.24, 2.45) is 13.0 Å². The van der Waals surface area contributed by atoms with Gasteiger partial charge >= 0.3 is 0 Å². The number of nitrogens with one attached hydrogen (secondary N) is 1. The van der Waals surface area contributed by atoms with E-state index in [1.54, 1.807) is 13.3 Å². The molecule has 0 saturated heterocycles. The molecule has 8 heteroatoms. The Bertz CT molecular complexity index is 1570. The SMILES string of the molecule is COc1cccc(-c2cn3nc(-c4nccn4C)nc(NC4CC(CO)C4)c3c2-c2ccccc2)c1C. The van der Waals surface area contributed by atoms with Gasteiger partial charge in [-0.2, -0.15) is 0 Å². The van der Waals surface area contributed by atoms with E-state index in [2.05, 4.69) is 53.8 Å². The van der Waals surface area contributed by atoms with Crippen LogP contribution in [0.25, 0.3) is 39.4 Å². The molecule has 0 aliphatic heterocycles. The molecule has 37 heavy (non-hydrogen) atoms. The molecule has 1 aliphatic carbocycles. The molecule has 3 heterocycles. The number of rotatable bonds is 7. The summed E-state index contributed by atoms with van der Waals surface area (Å²) in [5, 5.41) is 18.2. The lowest BCUT2D eigenvalue weighted by atomic mass is 9.81. The summed E-state index contributed by atoms with van der Waals surface area (Å²) in [7, 11) is 3.64. The van der Waals surface area contributed by atoms with E-state index >= 15 is 0 Å². The number of aryl methyl sites for hydroxylation is 1. The molecular weight excluding hydrogens is 464 g/mol. The number of hydrogen-bond acceptors (Lipinski definition) is 6. The molecule has 8 nitrogen and oxygen atoms in total. The first-order valence-corrected chi connectivity index (χ1v) is 12.5. The zero-order valence-corrected chi connectivity index (χ0v) is 21.2. The topological polar surface area (TPSA) is 89.5 Å². The number of methoxy groups -OCH3 is 1. The standard InChI is InChI=1S/C29H30N6O2/c1-18-22(10-7-11-24(18)37-3)23-16-35-26(25(23)20-8-5-4-6-9-20)27(31-21-14-19(15-21)17-36)32-28(33-35)29-30-12-13-34(29)2/h4-13,16,19,21,36H,14-15,17H2,1-3H3,(H,31,32,33). The zero-order valence-electron chi connectivity index (χ0n) is 21.2. The van der Waals surface area contributed by atoms with Crippen molar-refractivity contribution in [3.63, 3.8) is 0 Å². The van der Waals surface area contributed by atoms with Gasteiger partial charge in [-0.15, -0.1) is 5.10 Å². The van der Waals surface area contributed by atoms with Gasteiger partial charge in [0.25, 0.3) is 0 Å². The monoisotopic (exact) mass is 494 g/mol. The highest BCUT2D eigenvalue weighted by Gasteiger charge is 2.31. The summed E-state index contributed by atoms with van der Waals surface area (Å²) in [5.41, 5.74) is 6.25. The van der Waals surface area contributed by atoms with Gasteiger partial charge in [-0.1, -0.05) is 42.5 Å². The molecule has 0 spiro atoms. The fraction of sp³-hybridized carbons (Fsp3) is 0.276. The first kappa shape index (κ1) is 23.2. The Labute approximate surface area is 215 Å². The Morgan fingerprint density at radius 3 is 2.59 bits per heavy atom. The molecule has 0 amide bonds. The molecule has 0 atom stereocenters. The molecule has 1 saturated carbocycles. The number of aromatic nitrogens is 5. The van der Waals surface area contributed by atoms with Crippen LogP contribution in [0.5, 0.6) is 5.75 Å². The average molecular weight is 495 g/mol. The molecule has 0 unspecified atom stereocenters. The third kappa shape index (κ3) is 4.03. The van der Waals surface area contributed by atoms with Gasteiger partial charge < -0.3 is 19.7 Å². The first-order chi connectivity index (χ1) is 18.1. The van der Waals surface area contributed by atoms with Gasteiger partial charge in [0.1, 0.15) is 11.3 Å². The van der Waals surface area contributed by atoms with Crippen LogP contribution in [0.2, 0.25) is 0 Å². The van der Waals surface area contributed by atoms with E-state index < -0.39 is 0 Å². The molecule has 1 fully saturated rings. The summed E-state index contributed by atoms with van der Waals surface area (Å²) in [6.07, 6.45) is 7.55. The summed E-state index contributed by atoms with van der Waals surface area (Å²) < 4.78 is 9.50. The summed E-state index contributed by atoms with van der Waals surface area (Å²) in [6.45, 7) is 2.30. The average Bonchev–Trinajstić information content (AvgIpc) is 3.50. The van der Waals surface area contributed by atoms with E-state index in [9.17, 15) is 5.11 Å². The normalized spacial score (nSPS) is 17.1. The molecule has 2 N–H and O–H groups in total. The molecular formula is C29H30N6O2. The number of aliphatic hydroxyl groups excluding tert-OH is 1. The summed E-state index contributed by atoms with van der Waals surface area (Å²) >= 11 is 0. The van der Waals surface area contributed by atoms with Crippen LogP contribution >= 0.6 is 0 Å². The maximum atomic E-state index is 9.55. The molecule has 0 bridgehead atoms. The van der Waals surface area contributed by atoms with E-state index in [0.29, 0.717) is 17.6 Å².